The summed E-state index contributed by atoms with van der Waals surface area (Å²) < 4.78 is 7.24. The van der Waals surface area contributed by atoms with Crippen LogP contribution < -0.4 is 5.32 Å². The van der Waals surface area contributed by atoms with Gasteiger partial charge in [0, 0.05) is 11.3 Å². The van der Waals surface area contributed by atoms with Crippen molar-refractivity contribution in [1.29, 1.82) is 0 Å². The SMILES string of the molecule is Cc1ccc(-c2nnc(SCC(=O)NCc3ccco3)n2-c2ccc(C)cc2)cc1. The molecular formula is C23H22N4O2S. The van der Waals surface area contributed by atoms with Crippen LogP contribution in [-0.4, -0.2) is 26.4 Å². The Kier molecular flexibility index (Phi) is 5.99. The maximum absolute atomic E-state index is 12.3. The highest BCUT2D eigenvalue weighted by Gasteiger charge is 2.17. The smallest absolute Gasteiger partial charge is 0.230 e. The van der Waals surface area contributed by atoms with Crippen LogP contribution in [0.1, 0.15) is 16.9 Å². The van der Waals surface area contributed by atoms with Crippen LogP contribution in [0.5, 0.6) is 0 Å². The summed E-state index contributed by atoms with van der Waals surface area (Å²) in [6.07, 6.45) is 1.59. The molecule has 4 aromatic rings. The molecule has 152 valence electrons. The summed E-state index contributed by atoms with van der Waals surface area (Å²) in [6.45, 7) is 4.47. The summed E-state index contributed by atoms with van der Waals surface area (Å²) >= 11 is 1.36. The predicted molar refractivity (Wildman–Crippen MR) is 118 cm³/mol. The number of rotatable bonds is 7. The second-order valence-electron chi connectivity index (χ2n) is 6.99. The van der Waals surface area contributed by atoms with Gasteiger partial charge in [0.15, 0.2) is 11.0 Å². The van der Waals surface area contributed by atoms with Crippen molar-refractivity contribution in [2.24, 2.45) is 0 Å². The standard InChI is InChI=1S/C23H22N4O2S/c1-16-5-9-18(10-6-16)22-25-26-23(27(22)19-11-7-17(2)8-12-19)30-15-21(28)24-14-20-4-3-13-29-20/h3-13H,14-15H2,1-2H3,(H,24,28). The van der Waals surface area contributed by atoms with Crippen molar-refractivity contribution in [2.75, 3.05) is 5.75 Å². The van der Waals surface area contributed by atoms with Gasteiger partial charge in [-0.3, -0.25) is 9.36 Å². The lowest BCUT2D eigenvalue weighted by atomic mass is 10.1. The summed E-state index contributed by atoms with van der Waals surface area (Å²) in [5.41, 5.74) is 4.29. The van der Waals surface area contributed by atoms with Gasteiger partial charge in [-0.15, -0.1) is 10.2 Å². The molecule has 0 spiro atoms. The van der Waals surface area contributed by atoms with Crippen LogP contribution in [0.15, 0.2) is 76.5 Å². The minimum absolute atomic E-state index is 0.0910. The second-order valence-corrected chi connectivity index (χ2v) is 7.93. The summed E-state index contributed by atoms with van der Waals surface area (Å²) in [5.74, 6) is 1.61. The number of nitrogens with one attached hydrogen (secondary N) is 1. The number of furan rings is 1. The maximum Gasteiger partial charge on any atom is 0.230 e. The van der Waals surface area contributed by atoms with E-state index in [9.17, 15) is 4.79 Å². The Labute approximate surface area is 179 Å². The summed E-state index contributed by atoms with van der Waals surface area (Å²) in [7, 11) is 0. The van der Waals surface area contributed by atoms with Gasteiger partial charge in [0.25, 0.3) is 0 Å². The van der Waals surface area contributed by atoms with E-state index in [1.807, 2.05) is 34.9 Å². The first-order valence-corrected chi connectivity index (χ1v) is 10.6. The highest BCUT2D eigenvalue weighted by atomic mass is 32.2. The summed E-state index contributed by atoms with van der Waals surface area (Å²) in [5, 5.41) is 12.3. The van der Waals surface area contributed by atoms with Gasteiger partial charge in [-0.25, -0.2) is 0 Å². The molecule has 2 heterocycles. The number of nitrogens with zero attached hydrogens (tertiary/aromatic N) is 3. The number of thioether (sulfide) groups is 1. The zero-order chi connectivity index (χ0) is 20.9. The lowest BCUT2D eigenvalue weighted by Gasteiger charge is -2.11. The number of aryl methyl sites for hydroxylation is 2. The van der Waals surface area contributed by atoms with Gasteiger partial charge in [0.1, 0.15) is 5.76 Å². The molecular weight excluding hydrogens is 396 g/mol. The molecule has 0 radical (unpaired) electrons. The van der Waals surface area contributed by atoms with Crippen LogP contribution in [0, 0.1) is 13.8 Å². The molecule has 2 aromatic heterocycles. The third kappa shape index (κ3) is 4.63. The molecule has 0 saturated carbocycles. The van der Waals surface area contributed by atoms with Crippen LogP contribution >= 0.6 is 11.8 Å². The average molecular weight is 419 g/mol. The summed E-state index contributed by atoms with van der Waals surface area (Å²) in [4.78, 5) is 12.3. The van der Waals surface area contributed by atoms with Crippen molar-refractivity contribution >= 4 is 17.7 Å². The fourth-order valence-electron chi connectivity index (χ4n) is 2.96. The number of aromatic nitrogens is 3. The van der Waals surface area contributed by atoms with Crippen molar-refractivity contribution in [3.63, 3.8) is 0 Å². The monoisotopic (exact) mass is 418 g/mol. The van der Waals surface area contributed by atoms with Crippen LogP contribution in [-0.2, 0) is 11.3 Å². The Morgan fingerprint density at radius 2 is 1.70 bits per heavy atom. The molecule has 0 fully saturated rings. The molecule has 0 atom stereocenters. The number of hydrogen-bond acceptors (Lipinski definition) is 5. The van der Waals surface area contributed by atoms with E-state index in [1.54, 1.807) is 12.3 Å². The van der Waals surface area contributed by atoms with Crippen LogP contribution in [0.25, 0.3) is 17.1 Å². The Morgan fingerprint density at radius 1 is 1.00 bits per heavy atom. The molecule has 4 rings (SSSR count). The van der Waals surface area contributed by atoms with Crippen molar-refractivity contribution < 1.29 is 9.21 Å². The highest BCUT2D eigenvalue weighted by molar-refractivity contribution is 7.99. The van der Waals surface area contributed by atoms with Crippen molar-refractivity contribution in [2.45, 2.75) is 25.5 Å². The third-order valence-electron chi connectivity index (χ3n) is 4.61. The minimum atomic E-state index is -0.0910. The second kappa shape index (κ2) is 9.00. The molecule has 0 unspecified atom stereocenters. The topological polar surface area (TPSA) is 73.0 Å². The number of amides is 1. The average Bonchev–Trinajstić information content (AvgIpc) is 3.42. The molecule has 1 amide bonds. The molecule has 0 saturated heterocycles. The zero-order valence-corrected chi connectivity index (χ0v) is 17.6. The van der Waals surface area contributed by atoms with Crippen molar-refractivity contribution in [1.82, 2.24) is 20.1 Å². The molecule has 7 heteroatoms. The van der Waals surface area contributed by atoms with E-state index in [4.69, 9.17) is 4.42 Å². The molecule has 1 N–H and O–H groups in total. The molecule has 0 aliphatic rings. The first-order valence-electron chi connectivity index (χ1n) is 9.61. The molecule has 0 bridgehead atoms. The molecule has 0 aliphatic heterocycles. The molecule has 2 aromatic carbocycles. The maximum atomic E-state index is 12.3. The number of hydrogen-bond donors (Lipinski definition) is 1. The predicted octanol–water partition coefficient (Wildman–Crippen LogP) is 4.55. The van der Waals surface area contributed by atoms with Gasteiger partial charge in [-0.2, -0.15) is 0 Å². The first-order chi connectivity index (χ1) is 14.6. The Morgan fingerprint density at radius 3 is 2.37 bits per heavy atom. The van der Waals surface area contributed by atoms with Crippen LogP contribution in [0.2, 0.25) is 0 Å². The third-order valence-corrected chi connectivity index (χ3v) is 5.54. The largest absolute Gasteiger partial charge is 0.467 e. The molecule has 6 nitrogen and oxygen atoms in total. The van der Waals surface area contributed by atoms with E-state index in [0.29, 0.717) is 11.7 Å². The summed E-state index contributed by atoms with van der Waals surface area (Å²) in [6, 6.07) is 20.0. The normalized spacial score (nSPS) is 10.9. The van der Waals surface area contributed by atoms with E-state index in [2.05, 4.69) is 53.6 Å². The Hall–Kier alpha value is -3.32. The number of benzene rings is 2. The molecule has 0 aliphatic carbocycles. The first kappa shape index (κ1) is 20.0. The zero-order valence-electron chi connectivity index (χ0n) is 16.8. The minimum Gasteiger partial charge on any atom is -0.467 e. The Bertz CT molecular complexity index is 1120. The highest BCUT2D eigenvalue weighted by Crippen LogP contribution is 2.28. The fraction of sp³-hybridized carbons (Fsp3) is 0.174. The van der Waals surface area contributed by atoms with Crippen LogP contribution in [0.3, 0.4) is 0 Å². The van der Waals surface area contributed by atoms with Gasteiger partial charge in [-0.1, -0.05) is 59.3 Å². The van der Waals surface area contributed by atoms with Gasteiger partial charge in [-0.05, 0) is 38.1 Å². The van der Waals surface area contributed by atoms with Crippen LogP contribution in [0.4, 0.5) is 0 Å². The van der Waals surface area contributed by atoms with Gasteiger partial charge in [0.2, 0.25) is 5.91 Å². The number of carbonyl (C=O) groups excluding carboxylic acids is 1. The van der Waals surface area contributed by atoms with Gasteiger partial charge >= 0.3 is 0 Å². The van der Waals surface area contributed by atoms with Crippen molar-refractivity contribution in [3.05, 3.63) is 83.8 Å². The lowest BCUT2D eigenvalue weighted by molar-refractivity contribution is -0.118. The van der Waals surface area contributed by atoms with Gasteiger partial charge < -0.3 is 9.73 Å². The van der Waals surface area contributed by atoms with E-state index < -0.39 is 0 Å². The van der Waals surface area contributed by atoms with E-state index in [1.165, 1.54) is 22.9 Å². The van der Waals surface area contributed by atoms with E-state index in [0.717, 1.165) is 22.8 Å². The quantitative estimate of drug-likeness (QED) is 0.446. The van der Waals surface area contributed by atoms with E-state index >= 15 is 0 Å². The fourth-order valence-corrected chi connectivity index (χ4v) is 3.74. The van der Waals surface area contributed by atoms with Crippen molar-refractivity contribution in [3.8, 4) is 17.1 Å². The lowest BCUT2D eigenvalue weighted by Crippen LogP contribution is -2.24. The van der Waals surface area contributed by atoms with Gasteiger partial charge in [0.05, 0.1) is 18.6 Å². The number of carbonyl (C=O) groups is 1. The molecule has 30 heavy (non-hydrogen) atoms. The Balaban J connectivity index is 1.57. The van der Waals surface area contributed by atoms with E-state index in [-0.39, 0.29) is 11.7 Å².